The van der Waals surface area contributed by atoms with Gasteiger partial charge in [0, 0.05) is 16.8 Å². The Morgan fingerprint density at radius 2 is 2.06 bits per heavy atom. The molecule has 18 heavy (non-hydrogen) atoms. The van der Waals surface area contributed by atoms with E-state index >= 15 is 0 Å². The number of aromatic nitrogens is 1. The molecular formula is C14H12N2OS. The van der Waals surface area contributed by atoms with Gasteiger partial charge >= 0.3 is 0 Å². The number of benzene rings is 1. The molecule has 0 fully saturated rings. The quantitative estimate of drug-likeness (QED) is 0.788. The van der Waals surface area contributed by atoms with Gasteiger partial charge in [-0.15, -0.1) is 11.8 Å². The summed E-state index contributed by atoms with van der Waals surface area (Å²) in [7, 11) is 1.65. The standard InChI is InChI=1S/C14H12N2OS/c1-17-12-6-4-11(5-7-12)10-18-14-3-2-8-16-13(14)9-15/h2-8H,10H2,1H3. The Bertz CT molecular complexity index is 561. The van der Waals surface area contributed by atoms with Crippen molar-refractivity contribution in [2.24, 2.45) is 0 Å². The van der Waals surface area contributed by atoms with Crippen LogP contribution in [-0.4, -0.2) is 12.1 Å². The van der Waals surface area contributed by atoms with Crippen LogP contribution in [0.15, 0.2) is 47.5 Å². The fourth-order valence-electron chi connectivity index (χ4n) is 1.47. The van der Waals surface area contributed by atoms with Crippen molar-refractivity contribution in [1.29, 1.82) is 5.26 Å². The van der Waals surface area contributed by atoms with Gasteiger partial charge < -0.3 is 4.74 Å². The minimum absolute atomic E-state index is 0.482. The van der Waals surface area contributed by atoms with Gasteiger partial charge in [-0.1, -0.05) is 12.1 Å². The molecule has 0 aliphatic heterocycles. The summed E-state index contributed by atoms with van der Waals surface area (Å²) in [5.74, 6) is 1.66. The molecule has 2 rings (SSSR count). The second kappa shape index (κ2) is 6.08. The van der Waals surface area contributed by atoms with Crippen molar-refractivity contribution in [2.45, 2.75) is 10.6 Å². The predicted molar refractivity (Wildman–Crippen MR) is 71.5 cm³/mol. The van der Waals surface area contributed by atoms with Gasteiger partial charge in [0.15, 0.2) is 5.69 Å². The fourth-order valence-corrected chi connectivity index (χ4v) is 2.40. The lowest BCUT2D eigenvalue weighted by molar-refractivity contribution is 0.414. The van der Waals surface area contributed by atoms with Crippen LogP contribution >= 0.6 is 11.8 Å². The van der Waals surface area contributed by atoms with E-state index in [-0.39, 0.29) is 0 Å². The van der Waals surface area contributed by atoms with Crippen molar-refractivity contribution in [2.75, 3.05) is 7.11 Å². The van der Waals surface area contributed by atoms with Crippen molar-refractivity contribution < 1.29 is 4.74 Å². The summed E-state index contributed by atoms with van der Waals surface area (Å²) in [4.78, 5) is 4.95. The van der Waals surface area contributed by atoms with Crippen LogP contribution in [0.3, 0.4) is 0 Å². The van der Waals surface area contributed by atoms with Crippen molar-refractivity contribution in [3.63, 3.8) is 0 Å². The first-order chi connectivity index (χ1) is 8.83. The molecule has 0 spiro atoms. The third kappa shape index (κ3) is 3.02. The number of hydrogen-bond acceptors (Lipinski definition) is 4. The second-order valence-electron chi connectivity index (χ2n) is 3.60. The molecule has 1 heterocycles. The van der Waals surface area contributed by atoms with Crippen LogP contribution in [0.4, 0.5) is 0 Å². The number of pyridine rings is 1. The van der Waals surface area contributed by atoms with Gasteiger partial charge in [-0.3, -0.25) is 0 Å². The van der Waals surface area contributed by atoms with E-state index < -0.39 is 0 Å². The van der Waals surface area contributed by atoms with E-state index in [9.17, 15) is 0 Å². The maximum Gasteiger partial charge on any atom is 0.153 e. The SMILES string of the molecule is COc1ccc(CSc2cccnc2C#N)cc1. The van der Waals surface area contributed by atoms with E-state index in [0.29, 0.717) is 5.69 Å². The van der Waals surface area contributed by atoms with Gasteiger partial charge in [0.1, 0.15) is 11.8 Å². The smallest absolute Gasteiger partial charge is 0.153 e. The van der Waals surface area contributed by atoms with Gasteiger partial charge in [0.2, 0.25) is 0 Å². The zero-order valence-electron chi connectivity index (χ0n) is 9.96. The zero-order valence-corrected chi connectivity index (χ0v) is 10.8. The molecule has 3 nitrogen and oxygen atoms in total. The van der Waals surface area contributed by atoms with E-state index in [1.807, 2.05) is 36.4 Å². The lowest BCUT2D eigenvalue weighted by Crippen LogP contribution is -1.87. The lowest BCUT2D eigenvalue weighted by atomic mass is 10.2. The van der Waals surface area contributed by atoms with Crippen LogP contribution in [0, 0.1) is 11.3 Å². The van der Waals surface area contributed by atoms with Gasteiger partial charge in [0.05, 0.1) is 7.11 Å². The van der Waals surface area contributed by atoms with E-state index in [2.05, 4.69) is 11.1 Å². The normalized spacial score (nSPS) is 9.78. The third-order valence-corrected chi connectivity index (χ3v) is 3.55. The Balaban J connectivity index is 2.05. The van der Waals surface area contributed by atoms with Crippen molar-refractivity contribution >= 4 is 11.8 Å². The fraction of sp³-hybridized carbons (Fsp3) is 0.143. The molecular weight excluding hydrogens is 244 g/mol. The highest BCUT2D eigenvalue weighted by Gasteiger charge is 2.03. The Morgan fingerprint density at radius 1 is 1.28 bits per heavy atom. The van der Waals surface area contributed by atoms with Gasteiger partial charge in [-0.05, 0) is 29.8 Å². The van der Waals surface area contributed by atoms with Crippen LogP contribution < -0.4 is 4.74 Å². The van der Waals surface area contributed by atoms with E-state index in [4.69, 9.17) is 10.00 Å². The highest BCUT2D eigenvalue weighted by Crippen LogP contribution is 2.25. The summed E-state index contributed by atoms with van der Waals surface area (Å²) >= 11 is 1.61. The second-order valence-corrected chi connectivity index (χ2v) is 4.62. The Hall–Kier alpha value is -1.99. The van der Waals surface area contributed by atoms with Crippen molar-refractivity contribution in [3.8, 4) is 11.8 Å². The van der Waals surface area contributed by atoms with E-state index in [1.165, 1.54) is 5.56 Å². The highest BCUT2D eigenvalue weighted by atomic mass is 32.2. The molecule has 0 bridgehead atoms. The number of rotatable bonds is 4. The first-order valence-corrected chi connectivity index (χ1v) is 6.43. The van der Waals surface area contributed by atoms with Crippen molar-refractivity contribution in [3.05, 3.63) is 53.9 Å². The van der Waals surface area contributed by atoms with Gasteiger partial charge in [0.25, 0.3) is 0 Å². The largest absolute Gasteiger partial charge is 0.497 e. The molecule has 0 radical (unpaired) electrons. The molecule has 0 aliphatic rings. The van der Waals surface area contributed by atoms with Crippen molar-refractivity contribution in [1.82, 2.24) is 4.98 Å². The van der Waals surface area contributed by atoms with Gasteiger partial charge in [-0.2, -0.15) is 5.26 Å². The lowest BCUT2D eigenvalue weighted by Gasteiger charge is -2.04. The van der Waals surface area contributed by atoms with Crippen LogP contribution in [0.2, 0.25) is 0 Å². The average molecular weight is 256 g/mol. The summed E-state index contributed by atoms with van der Waals surface area (Å²) < 4.78 is 5.11. The van der Waals surface area contributed by atoms with Crippen LogP contribution in [-0.2, 0) is 5.75 Å². The summed E-state index contributed by atoms with van der Waals surface area (Å²) in [6.45, 7) is 0. The first kappa shape index (κ1) is 12.5. The molecule has 0 saturated heterocycles. The Kier molecular flexibility index (Phi) is 4.21. The Morgan fingerprint density at radius 3 is 2.72 bits per heavy atom. The molecule has 0 aliphatic carbocycles. The molecule has 1 aromatic carbocycles. The predicted octanol–water partition coefficient (Wildman–Crippen LogP) is 3.25. The molecule has 90 valence electrons. The minimum atomic E-state index is 0.482. The number of hydrogen-bond donors (Lipinski definition) is 0. The number of nitriles is 1. The summed E-state index contributed by atoms with van der Waals surface area (Å²) in [6, 6.07) is 13.8. The molecule has 0 amide bonds. The summed E-state index contributed by atoms with van der Waals surface area (Å²) in [6.07, 6.45) is 1.63. The topological polar surface area (TPSA) is 45.9 Å². The first-order valence-electron chi connectivity index (χ1n) is 5.44. The Labute approximate surface area is 110 Å². The summed E-state index contributed by atoms with van der Waals surface area (Å²) in [5.41, 5.74) is 1.67. The molecule has 0 saturated carbocycles. The van der Waals surface area contributed by atoms with Crippen LogP contribution in [0.1, 0.15) is 11.3 Å². The number of thioether (sulfide) groups is 1. The number of methoxy groups -OCH3 is 1. The van der Waals surface area contributed by atoms with Crippen LogP contribution in [0.5, 0.6) is 5.75 Å². The van der Waals surface area contributed by atoms with Crippen LogP contribution in [0.25, 0.3) is 0 Å². The van der Waals surface area contributed by atoms with E-state index in [1.54, 1.807) is 25.1 Å². The van der Waals surface area contributed by atoms with Gasteiger partial charge in [-0.25, -0.2) is 4.98 Å². The highest BCUT2D eigenvalue weighted by molar-refractivity contribution is 7.98. The third-order valence-electron chi connectivity index (χ3n) is 2.43. The molecule has 2 aromatic rings. The summed E-state index contributed by atoms with van der Waals surface area (Å²) in [5, 5.41) is 8.94. The molecule has 0 N–H and O–H groups in total. The molecule has 0 unspecified atom stereocenters. The average Bonchev–Trinajstić information content (AvgIpc) is 2.46. The molecule has 0 atom stereocenters. The number of ether oxygens (including phenoxy) is 1. The minimum Gasteiger partial charge on any atom is -0.497 e. The monoisotopic (exact) mass is 256 g/mol. The number of nitrogens with zero attached hydrogens (tertiary/aromatic N) is 2. The maximum absolute atomic E-state index is 8.94. The van der Waals surface area contributed by atoms with E-state index in [0.717, 1.165) is 16.4 Å². The molecule has 4 heteroatoms. The zero-order chi connectivity index (χ0) is 12.8. The molecule has 1 aromatic heterocycles. The maximum atomic E-state index is 8.94.